The Morgan fingerprint density at radius 3 is 2.58 bits per heavy atom. The number of imidazole rings is 1. The van der Waals surface area contributed by atoms with Gasteiger partial charge in [0.2, 0.25) is 0 Å². The first-order valence-corrected chi connectivity index (χ1v) is 12.6. The number of hydrogen-bond acceptors (Lipinski definition) is 6. The third-order valence-electron chi connectivity index (χ3n) is 6.58. The van der Waals surface area contributed by atoms with E-state index >= 15 is 0 Å². The summed E-state index contributed by atoms with van der Waals surface area (Å²) >= 11 is 0. The molecule has 0 fully saturated rings. The normalized spacial score (nSPS) is 12.8. The van der Waals surface area contributed by atoms with E-state index in [0.29, 0.717) is 64.0 Å². The number of rotatable bonds is 4. The Labute approximate surface area is 228 Å². The predicted octanol–water partition coefficient (Wildman–Crippen LogP) is 3.56. The number of benzene rings is 1. The molecule has 0 spiro atoms. The van der Waals surface area contributed by atoms with E-state index in [1.807, 2.05) is 10.5 Å². The van der Waals surface area contributed by atoms with Crippen LogP contribution in [0.15, 0.2) is 78.0 Å². The Morgan fingerprint density at radius 2 is 1.82 bits per heavy atom. The van der Waals surface area contributed by atoms with Gasteiger partial charge in [0.1, 0.15) is 17.0 Å². The maximum atomic E-state index is 12.8. The number of nitrogens with zero attached hydrogens (tertiary/aromatic N) is 6. The number of nitrogens with one attached hydrogen (secondary N) is 1. The summed E-state index contributed by atoms with van der Waals surface area (Å²) in [5.41, 5.74) is 3.75. The van der Waals surface area contributed by atoms with Gasteiger partial charge in [-0.3, -0.25) is 28.1 Å². The van der Waals surface area contributed by atoms with Gasteiger partial charge in [-0.15, -0.1) is 0 Å². The number of amides is 2. The lowest BCUT2D eigenvalue weighted by atomic mass is 10.1. The molecule has 0 bridgehead atoms. The first-order chi connectivity index (χ1) is 19.4. The average Bonchev–Trinajstić information content (AvgIpc) is 3.59. The Balaban J connectivity index is 1.50. The lowest BCUT2D eigenvalue weighted by Crippen LogP contribution is -2.26. The molecule has 6 rings (SSSR count). The number of carbonyl (C=O) groups excluding carboxylic acids is 2. The van der Waals surface area contributed by atoms with Gasteiger partial charge in [0, 0.05) is 48.0 Å². The molecular formula is C30H23N7O3. The summed E-state index contributed by atoms with van der Waals surface area (Å²) in [5.74, 6) is 5.67. The summed E-state index contributed by atoms with van der Waals surface area (Å²) < 4.78 is 3.32. The van der Waals surface area contributed by atoms with E-state index in [1.54, 1.807) is 79.8 Å². The van der Waals surface area contributed by atoms with Gasteiger partial charge < -0.3 is 5.32 Å². The van der Waals surface area contributed by atoms with Crippen LogP contribution >= 0.6 is 0 Å². The highest BCUT2D eigenvalue weighted by atomic mass is 16.2. The van der Waals surface area contributed by atoms with Crippen LogP contribution in [0, 0.1) is 18.8 Å². The number of fused-ring (bicyclic) bond motifs is 3. The zero-order valence-corrected chi connectivity index (χ0v) is 21.8. The standard InChI is InChI=1S/C30H23N7O3/c1-3-7-24(38)35-15-6-8-22(35)28-34-26(27-29-32-19(2)18-25(39)36(29)16-17-37(27)28)20-10-12-21(13-11-20)30(40)33-23-9-4-5-14-31-23/h4-5,8-14,16-18H,6,15H2,1-2H3,(H,31,33,40). The summed E-state index contributed by atoms with van der Waals surface area (Å²) in [7, 11) is 0. The van der Waals surface area contributed by atoms with Crippen molar-refractivity contribution in [2.75, 3.05) is 11.9 Å². The molecule has 2 amide bonds. The van der Waals surface area contributed by atoms with Crippen LogP contribution in [0.2, 0.25) is 0 Å². The lowest BCUT2D eigenvalue weighted by molar-refractivity contribution is -0.121. The topological polar surface area (TPSA) is 114 Å². The van der Waals surface area contributed by atoms with Crippen molar-refractivity contribution in [3.8, 4) is 23.1 Å². The van der Waals surface area contributed by atoms with Crippen molar-refractivity contribution < 1.29 is 9.59 Å². The molecule has 40 heavy (non-hydrogen) atoms. The number of anilines is 1. The summed E-state index contributed by atoms with van der Waals surface area (Å²) in [5, 5.41) is 2.78. The average molecular weight is 530 g/mol. The van der Waals surface area contributed by atoms with Gasteiger partial charge >= 0.3 is 5.91 Å². The number of aromatic nitrogens is 5. The van der Waals surface area contributed by atoms with Gasteiger partial charge in [0.15, 0.2) is 11.5 Å². The summed E-state index contributed by atoms with van der Waals surface area (Å²) in [6.07, 6.45) is 7.62. The number of aryl methyl sites for hydroxylation is 1. The molecule has 1 aliphatic heterocycles. The van der Waals surface area contributed by atoms with Crippen LogP contribution in [-0.2, 0) is 4.79 Å². The highest BCUT2D eigenvalue weighted by molar-refractivity contribution is 6.04. The van der Waals surface area contributed by atoms with Crippen LogP contribution in [-0.4, -0.2) is 47.0 Å². The van der Waals surface area contributed by atoms with E-state index in [9.17, 15) is 14.4 Å². The quantitative estimate of drug-likeness (QED) is 0.356. The zero-order chi connectivity index (χ0) is 27.8. The van der Waals surface area contributed by atoms with Gasteiger partial charge in [-0.1, -0.05) is 30.2 Å². The van der Waals surface area contributed by atoms with Gasteiger partial charge in [-0.05, 0) is 50.5 Å². The second kappa shape index (κ2) is 9.96. The summed E-state index contributed by atoms with van der Waals surface area (Å²) in [4.78, 5) is 53.7. The Morgan fingerprint density at radius 1 is 1.02 bits per heavy atom. The molecular weight excluding hydrogens is 506 g/mol. The van der Waals surface area contributed by atoms with Crippen LogP contribution in [0.25, 0.3) is 28.1 Å². The molecule has 10 heteroatoms. The highest BCUT2D eigenvalue weighted by Gasteiger charge is 2.28. The Bertz CT molecular complexity index is 1960. The summed E-state index contributed by atoms with van der Waals surface area (Å²) in [6, 6.07) is 13.8. The monoisotopic (exact) mass is 529 g/mol. The molecule has 5 heterocycles. The van der Waals surface area contributed by atoms with E-state index in [4.69, 9.17) is 4.98 Å². The van der Waals surface area contributed by atoms with E-state index in [0.717, 1.165) is 0 Å². The van der Waals surface area contributed by atoms with E-state index in [-0.39, 0.29) is 17.4 Å². The van der Waals surface area contributed by atoms with Crippen LogP contribution in [0.1, 0.15) is 35.2 Å². The molecule has 196 valence electrons. The van der Waals surface area contributed by atoms with Crippen molar-refractivity contribution in [1.82, 2.24) is 28.7 Å². The molecule has 1 aromatic carbocycles. The van der Waals surface area contributed by atoms with Gasteiger partial charge in [0.25, 0.3) is 11.5 Å². The van der Waals surface area contributed by atoms with Gasteiger partial charge in [-0.25, -0.2) is 15.0 Å². The van der Waals surface area contributed by atoms with Crippen LogP contribution in [0.5, 0.6) is 0 Å². The molecule has 5 aromatic rings. The van der Waals surface area contributed by atoms with Crippen LogP contribution in [0.4, 0.5) is 5.82 Å². The maximum Gasteiger partial charge on any atom is 0.302 e. The van der Waals surface area contributed by atoms with E-state index in [2.05, 4.69) is 27.1 Å². The number of carbonyl (C=O) groups is 2. The second-order valence-corrected chi connectivity index (χ2v) is 9.19. The smallest absolute Gasteiger partial charge is 0.302 e. The molecule has 1 aliphatic rings. The minimum atomic E-state index is -0.307. The van der Waals surface area contributed by atoms with Crippen molar-refractivity contribution in [3.63, 3.8) is 0 Å². The fourth-order valence-electron chi connectivity index (χ4n) is 4.79. The zero-order valence-electron chi connectivity index (χ0n) is 21.8. The number of pyridine rings is 1. The fraction of sp³-hybridized carbons (Fsp3) is 0.133. The molecule has 0 saturated heterocycles. The molecule has 10 nitrogen and oxygen atoms in total. The molecule has 0 radical (unpaired) electrons. The second-order valence-electron chi connectivity index (χ2n) is 9.19. The summed E-state index contributed by atoms with van der Waals surface area (Å²) in [6.45, 7) is 3.89. The van der Waals surface area contributed by atoms with Gasteiger partial charge in [0.05, 0.1) is 5.70 Å². The maximum absolute atomic E-state index is 12.8. The largest absolute Gasteiger partial charge is 0.307 e. The van der Waals surface area contributed by atoms with E-state index in [1.165, 1.54) is 10.5 Å². The minimum Gasteiger partial charge on any atom is -0.307 e. The lowest BCUT2D eigenvalue weighted by Gasteiger charge is -2.16. The van der Waals surface area contributed by atoms with E-state index < -0.39 is 0 Å². The Hall–Kier alpha value is -5.56. The van der Waals surface area contributed by atoms with Crippen molar-refractivity contribution >= 4 is 34.5 Å². The van der Waals surface area contributed by atoms with Crippen molar-refractivity contribution in [3.05, 3.63) is 101 Å². The third-order valence-corrected chi connectivity index (χ3v) is 6.58. The molecule has 0 unspecified atom stereocenters. The highest BCUT2D eigenvalue weighted by Crippen LogP contribution is 2.33. The predicted molar refractivity (Wildman–Crippen MR) is 150 cm³/mol. The first-order valence-electron chi connectivity index (χ1n) is 12.6. The Kier molecular flexibility index (Phi) is 6.16. The number of hydrogen-bond donors (Lipinski definition) is 1. The van der Waals surface area contributed by atoms with Gasteiger partial charge in [-0.2, -0.15) is 0 Å². The van der Waals surface area contributed by atoms with Crippen LogP contribution < -0.4 is 10.9 Å². The molecule has 0 saturated carbocycles. The van der Waals surface area contributed by atoms with Crippen molar-refractivity contribution in [1.29, 1.82) is 0 Å². The van der Waals surface area contributed by atoms with Crippen molar-refractivity contribution in [2.45, 2.75) is 20.3 Å². The fourth-order valence-corrected chi connectivity index (χ4v) is 4.79. The van der Waals surface area contributed by atoms with Crippen LogP contribution in [0.3, 0.4) is 0 Å². The SMILES string of the molecule is CC#CC(=O)N1CCC=C1c1nc(-c2ccc(C(=O)Nc3ccccn3)cc2)c2c3nc(C)cc(=O)n3ccn12. The first kappa shape index (κ1) is 24.8. The molecule has 1 N–H and O–H groups in total. The molecule has 4 aromatic heterocycles. The molecule has 0 atom stereocenters. The molecule has 0 aliphatic carbocycles. The van der Waals surface area contributed by atoms with Crippen molar-refractivity contribution in [2.24, 2.45) is 0 Å². The third kappa shape index (κ3) is 4.29. The minimum absolute atomic E-state index is 0.213.